The van der Waals surface area contributed by atoms with E-state index in [1.54, 1.807) is 12.3 Å². The molecule has 3 aromatic rings. The summed E-state index contributed by atoms with van der Waals surface area (Å²) in [5.74, 6) is 0. The minimum absolute atomic E-state index is 0.434. The third-order valence-electron chi connectivity index (χ3n) is 2.56. The van der Waals surface area contributed by atoms with Crippen LogP contribution in [0.5, 0.6) is 0 Å². The maximum absolute atomic E-state index is 8.84. The van der Waals surface area contributed by atoms with Crippen LogP contribution < -0.4 is 0 Å². The molecule has 0 aliphatic carbocycles. The van der Waals surface area contributed by atoms with Crippen LogP contribution in [0, 0.1) is 11.3 Å². The van der Waals surface area contributed by atoms with Crippen LogP contribution in [-0.4, -0.2) is 9.97 Å². The Balaban J connectivity index is 2.53. The molecule has 16 heavy (non-hydrogen) atoms. The topological polar surface area (TPSA) is 49.6 Å². The molecule has 3 nitrogen and oxygen atoms in total. The van der Waals surface area contributed by atoms with Crippen molar-refractivity contribution < 1.29 is 0 Å². The predicted octanol–water partition coefficient (Wildman–Crippen LogP) is 2.65. The van der Waals surface area contributed by atoms with Crippen molar-refractivity contribution in [2.24, 2.45) is 0 Å². The Morgan fingerprint density at radius 2 is 1.94 bits per heavy atom. The molecule has 3 heteroatoms. The van der Waals surface area contributed by atoms with E-state index in [-0.39, 0.29) is 0 Å². The molecule has 0 aliphatic rings. The Hall–Kier alpha value is -2.47. The van der Waals surface area contributed by atoms with Crippen LogP contribution >= 0.6 is 0 Å². The fourth-order valence-electron chi connectivity index (χ4n) is 1.80. The Morgan fingerprint density at radius 3 is 2.81 bits per heavy atom. The zero-order valence-corrected chi connectivity index (χ0v) is 8.38. The molecule has 0 unspecified atom stereocenters. The molecule has 0 aliphatic heterocycles. The number of rotatable bonds is 0. The highest BCUT2D eigenvalue weighted by Crippen LogP contribution is 2.22. The van der Waals surface area contributed by atoms with Crippen LogP contribution in [-0.2, 0) is 0 Å². The second-order valence-corrected chi connectivity index (χ2v) is 3.52. The molecule has 2 heterocycles. The molecule has 0 N–H and O–H groups in total. The molecule has 1 aromatic carbocycles. The summed E-state index contributed by atoms with van der Waals surface area (Å²) >= 11 is 0. The van der Waals surface area contributed by atoms with Crippen molar-refractivity contribution in [1.29, 1.82) is 5.26 Å². The first-order valence-electron chi connectivity index (χ1n) is 4.93. The highest BCUT2D eigenvalue weighted by Gasteiger charge is 2.02. The summed E-state index contributed by atoms with van der Waals surface area (Å²) < 4.78 is 0. The minimum atomic E-state index is 0.434. The summed E-state index contributed by atoms with van der Waals surface area (Å²) in [5, 5.41) is 10.9. The first-order valence-corrected chi connectivity index (χ1v) is 4.93. The molecular weight excluding hydrogens is 198 g/mol. The molecule has 0 radical (unpaired) electrons. The number of aromatic nitrogens is 2. The van der Waals surface area contributed by atoms with Gasteiger partial charge in [0.25, 0.3) is 0 Å². The van der Waals surface area contributed by atoms with E-state index >= 15 is 0 Å². The van der Waals surface area contributed by atoms with Gasteiger partial charge in [-0.1, -0.05) is 6.07 Å². The zero-order valence-electron chi connectivity index (χ0n) is 8.38. The van der Waals surface area contributed by atoms with Crippen LogP contribution in [0.4, 0.5) is 0 Å². The van der Waals surface area contributed by atoms with Gasteiger partial charge in [-0.05, 0) is 30.3 Å². The Bertz CT molecular complexity index is 726. The lowest BCUT2D eigenvalue weighted by atomic mass is 10.1. The highest BCUT2D eigenvalue weighted by atomic mass is 14.7. The first-order chi connectivity index (χ1) is 7.88. The molecule has 0 saturated heterocycles. The van der Waals surface area contributed by atoms with Gasteiger partial charge in [0.2, 0.25) is 0 Å². The largest absolute Gasteiger partial charge is 0.256 e. The SMILES string of the molecule is N#Cc1ccc2ccc3ncccc3c2n1. The number of hydrogen-bond acceptors (Lipinski definition) is 3. The van der Waals surface area contributed by atoms with Crippen LogP contribution in [0.1, 0.15) is 5.69 Å². The number of pyridine rings is 2. The van der Waals surface area contributed by atoms with Crippen molar-refractivity contribution >= 4 is 21.8 Å². The normalized spacial score (nSPS) is 10.4. The van der Waals surface area contributed by atoms with Gasteiger partial charge in [0, 0.05) is 17.0 Å². The van der Waals surface area contributed by atoms with Gasteiger partial charge in [0.15, 0.2) is 0 Å². The zero-order chi connectivity index (χ0) is 11.0. The molecule has 3 rings (SSSR count). The van der Waals surface area contributed by atoms with Gasteiger partial charge in [0.05, 0.1) is 11.0 Å². The average molecular weight is 205 g/mol. The molecule has 2 aromatic heterocycles. The summed E-state index contributed by atoms with van der Waals surface area (Å²) in [5.41, 5.74) is 2.17. The number of nitrogens with zero attached hydrogens (tertiary/aromatic N) is 3. The summed E-state index contributed by atoms with van der Waals surface area (Å²) in [6.45, 7) is 0. The van der Waals surface area contributed by atoms with Crippen molar-refractivity contribution in [1.82, 2.24) is 9.97 Å². The monoisotopic (exact) mass is 205 g/mol. The van der Waals surface area contributed by atoms with Gasteiger partial charge in [-0.25, -0.2) is 4.98 Å². The number of nitriles is 1. The maximum Gasteiger partial charge on any atom is 0.141 e. The van der Waals surface area contributed by atoms with Crippen molar-refractivity contribution in [2.45, 2.75) is 0 Å². The molecule has 0 bridgehead atoms. The van der Waals surface area contributed by atoms with E-state index in [2.05, 4.69) is 16.0 Å². The lowest BCUT2D eigenvalue weighted by Gasteiger charge is -2.01. The van der Waals surface area contributed by atoms with E-state index in [4.69, 9.17) is 5.26 Å². The average Bonchev–Trinajstić information content (AvgIpc) is 2.38. The van der Waals surface area contributed by atoms with Crippen molar-refractivity contribution in [3.05, 3.63) is 48.3 Å². The van der Waals surface area contributed by atoms with Gasteiger partial charge in [0.1, 0.15) is 11.8 Å². The van der Waals surface area contributed by atoms with Crippen LogP contribution in [0.2, 0.25) is 0 Å². The summed E-state index contributed by atoms with van der Waals surface area (Å²) in [4.78, 5) is 8.58. The van der Waals surface area contributed by atoms with Crippen LogP contribution in [0.3, 0.4) is 0 Å². The second kappa shape index (κ2) is 3.28. The molecule has 74 valence electrons. The van der Waals surface area contributed by atoms with Crippen LogP contribution in [0.25, 0.3) is 21.8 Å². The summed E-state index contributed by atoms with van der Waals surface area (Å²) in [6.07, 6.45) is 1.75. The van der Waals surface area contributed by atoms with Gasteiger partial charge < -0.3 is 0 Å². The molecule has 0 fully saturated rings. The lowest BCUT2D eigenvalue weighted by Crippen LogP contribution is -1.86. The Labute approximate surface area is 92.0 Å². The molecule has 0 atom stereocenters. The molecular formula is C13H7N3. The first kappa shape index (κ1) is 8.81. The Morgan fingerprint density at radius 1 is 1.06 bits per heavy atom. The van der Waals surface area contributed by atoms with Gasteiger partial charge in [-0.2, -0.15) is 5.26 Å². The molecule has 0 spiro atoms. The van der Waals surface area contributed by atoms with Crippen molar-refractivity contribution in [2.75, 3.05) is 0 Å². The third-order valence-corrected chi connectivity index (χ3v) is 2.56. The minimum Gasteiger partial charge on any atom is -0.256 e. The van der Waals surface area contributed by atoms with E-state index in [9.17, 15) is 0 Å². The third kappa shape index (κ3) is 1.21. The summed E-state index contributed by atoms with van der Waals surface area (Å²) in [7, 11) is 0. The molecule has 0 saturated carbocycles. The van der Waals surface area contributed by atoms with Gasteiger partial charge >= 0.3 is 0 Å². The van der Waals surface area contributed by atoms with E-state index in [0.29, 0.717) is 5.69 Å². The Kier molecular flexibility index (Phi) is 1.81. The standard InChI is InChI=1S/C13H7N3/c14-8-10-5-3-9-4-6-12-11(13(9)16-10)2-1-7-15-12/h1-7H. The van der Waals surface area contributed by atoms with Crippen molar-refractivity contribution in [3.8, 4) is 6.07 Å². The number of fused-ring (bicyclic) bond motifs is 3. The fraction of sp³-hybridized carbons (Fsp3) is 0. The number of benzene rings is 1. The van der Waals surface area contributed by atoms with E-state index < -0.39 is 0 Å². The van der Waals surface area contributed by atoms with Crippen LogP contribution in [0.15, 0.2) is 42.6 Å². The van der Waals surface area contributed by atoms with Crippen molar-refractivity contribution in [3.63, 3.8) is 0 Å². The maximum atomic E-state index is 8.84. The molecule has 0 amide bonds. The lowest BCUT2D eigenvalue weighted by molar-refractivity contribution is 1.33. The van der Waals surface area contributed by atoms with Gasteiger partial charge in [-0.15, -0.1) is 0 Å². The second-order valence-electron chi connectivity index (χ2n) is 3.52. The van der Waals surface area contributed by atoms with E-state index in [0.717, 1.165) is 21.8 Å². The van der Waals surface area contributed by atoms with E-state index in [1.165, 1.54) is 0 Å². The van der Waals surface area contributed by atoms with E-state index in [1.807, 2.05) is 30.3 Å². The summed E-state index contributed by atoms with van der Waals surface area (Å²) in [6, 6.07) is 13.5. The number of hydrogen-bond donors (Lipinski definition) is 0. The fourth-order valence-corrected chi connectivity index (χ4v) is 1.80. The van der Waals surface area contributed by atoms with Gasteiger partial charge in [-0.3, -0.25) is 4.98 Å². The highest BCUT2D eigenvalue weighted by molar-refractivity contribution is 6.03. The smallest absolute Gasteiger partial charge is 0.141 e. The quantitative estimate of drug-likeness (QED) is 0.530. The predicted molar refractivity (Wildman–Crippen MR) is 61.8 cm³/mol.